The molecular formula is C44H57ClN4O9S. The molecular weight excluding hydrogens is 796 g/mol. The molecule has 0 radical (unpaired) electrons. The molecule has 8 atom stereocenters. The molecule has 59 heavy (non-hydrogen) atoms. The van der Waals surface area contributed by atoms with Crippen LogP contribution in [0.2, 0.25) is 5.02 Å². The number of amides is 1. The van der Waals surface area contributed by atoms with Crippen LogP contribution in [-0.4, -0.2) is 94.8 Å². The molecule has 7 rings (SSSR count). The maximum absolute atomic E-state index is 14.8. The molecule has 1 aliphatic heterocycles. The van der Waals surface area contributed by atoms with Gasteiger partial charge in [0.2, 0.25) is 5.91 Å². The highest BCUT2D eigenvalue weighted by molar-refractivity contribution is 7.14. The van der Waals surface area contributed by atoms with Crippen molar-refractivity contribution in [1.82, 2.24) is 14.9 Å². The minimum Gasteiger partial charge on any atom is -0.490 e. The quantitative estimate of drug-likeness (QED) is 0.0935. The first-order valence-electron chi connectivity index (χ1n) is 20.9. The summed E-state index contributed by atoms with van der Waals surface area (Å²) in [5.41, 5.74) is -0.274. The number of Topliss-reactive ketones (excluding diaryl/α,β-unsaturated/α-hetero) is 1. The second kappa shape index (κ2) is 17.2. The number of carboxylic acids is 1. The molecule has 1 aromatic carbocycles. The highest BCUT2D eigenvalue weighted by atomic mass is 35.5. The third-order valence-corrected chi connectivity index (χ3v) is 13.8. The number of rotatable bonds is 18. The molecule has 3 saturated carbocycles. The van der Waals surface area contributed by atoms with Gasteiger partial charge in [0.15, 0.2) is 10.9 Å². The number of nitrogens with zero attached hydrogens (tertiary/aromatic N) is 3. The van der Waals surface area contributed by atoms with Crippen molar-refractivity contribution < 1.29 is 43.2 Å². The van der Waals surface area contributed by atoms with Crippen LogP contribution in [0.25, 0.3) is 22.3 Å². The molecule has 2 aromatic heterocycles. The van der Waals surface area contributed by atoms with Gasteiger partial charge in [0.25, 0.3) is 0 Å². The van der Waals surface area contributed by atoms with Gasteiger partial charge in [-0.3, -0.25) is 19.2 Å². The van der Waals surface area contributed by atoms with E-state index < -0.39 is 40.8 Å². The average Bonchev–Trinajstić information content (AvgIpc) is 3.84. The van der Waals surface area contributed by atoms with E-state index in [0.29, 0.717) is 65.1 Å². The predicted molar refractivity (Wildman–Crippen MR) is 225 cm³/mol. The Bertz CT molecular complexity index is 2080. The number of fused-ring (bicyclic) bond motifs is 2. The highest BCUT2D eigenvalue weighted by Crippen LogP contribution is 2.58. The van der Waals surface area contributed by atoms with Gasteiger partial charge in [0.05, 0.1) is 48.2 Å². The van der Waals surface area contributed by atoms with Crippen LogP contribution in [0.5, 0.6) is 11.5 Å². The van der Waals surface area contributed by atoms with Crippen molar-refractivity contribution in [1.29, 1.82) is 0 Å². The largest absolute Gasteiger partial charge is 0.490 e. The number of thiazole rings is 1. The van der Waals surface area contributed by atoms with Crippen LogP contribution < -0.4 is 14.8 Å². The summed E-state index contributed by atoms with van der Waals surface area (Å²) in [4.78, 5) is 66.4. The van der Waals surface area contributed by atoms with Gasteiger partial charge in [-0.2, -0.15) is 0 Å². The Kier molecular flexibility index (Phi) is 12.5. The number of carboxylic acid groups (broad SMARTS) is 1. The predicted octanol–water partition coefficient (Wildman–Crippen LogP) is 8.06. The van der Waals surface area contributed by atoms with E-state index in [1.807, 2.05) is 53.0 Å². The lowest BCUT2D eigenvalue weighted by molar-refractivity contribution is -0.157. The van der Waals surface area contributed by atoms with Crippen molar-refractivity contribution in [2.24, 2.45) is 34.5 Å². The van der Waals surface area contributed by atoms with Crippen molar-refractivity contribution in [2.75, 3.05) is 32.2 Å². The first kappa shape index (κ1) is 43.1. The van der Waals surface area contributed by atoms with Gasteiger partial charge >= 0.3 is 11.9 Å². The van der Waals surface area contributed by atoms with Crippen LogP contribution in [-0.2, 0) is 28.7 Å². The molecule has 3 aromatic rings. The summed E-state index contributed by atoms with van der Waals surface area (Å²) in [5, 5.41) is 17.1. The number of methoxy groups -OCH3 is 1. The first-order valence-corrected chi connectivity index (χ1v) is 22.2. The molecule has 3 aliphatic carbocycles. The molecule has 3 heterocycles. The summed E-state index contributed by atoms with van der Waals surface area (Å²) < 4.78 is 23.8. The number of hydrogen-bond donors (Lipinski definition) is 2. The third-order valence-electron chi connectivity index (χ3n) is 12.6. The van der Waals surface area contributed by atoms with E-state index in [-0.39, 0.29) is 67.2 Å². The Balaban J connectivity index is 1.21. The second-order valence-electron chi connectivity index (χ2n) is 18.3. The van der Waals surface area contributed by atoms with Crippen LogP contribution in [0.15, 0.2) is 23.6 Å². The number of hydrogen-bond acceptors (Lipinski definition) is 12. The number of carbonyl (C=O) groups is 4. The number of pyridine rings is 1. The molecule has 1 amide bonds. The van der Waals surface area contributed by atoms with Gasteiger partial charge in [-0.25, -0.2) is 9.97 Å². The number of esters is 1. The molecule has 15 heteroatoms. The fraction of sp³-hybridized carbons (Fsp3) is 0.636. The van der Waals surface area contributed by atoms with E-state index >= 15 is 0 Å². The number of benzene rings is 1. The van der Waals surface area contributed by atoms with E-state index in [4.69, 9.17) is 40.5 Å². The fourth-order valence-corrected chi connectivity index (χ4v) is 10.2. The number of aromatic nitrogens is 2. The normalized spacial score (nSPS) is 26.4. The Morgan fingerprint density at radius 3 is 2.42 bits per heavy atom. The zero-order chi connectivity index (χ0) is 42.4. The maximum Gasteiger partial charge on any atom is 0.310 e. The van der Waals surface area contributed by atoms with Gasteiger partial charge in [-0.05, 0) is 74.8 Å². The first-order chi connectivity index (χ1) is 28.0. The van der Waals surface area contributed by atoms with E-state index in [2.05, 4.69) is 5.32 Å². The summed E-state index contributed by atoms with van der Waals surface area (Å²) in [6.45, 7) is 12.4. The monoisotopic (exact) mass is 852 g/mol. The smallest absolute Gasteiger partial charge is 0.310 e. The van der Waals surface area contributed by atoms with Crippen molar-refractivity contribution in [3.63, 3.8) is 0 Å². The molecule has 1 saturated heterocycles. The van der Waals surface area contributed by atoms with Gasteiger partial charge in [0.1, 0.15) is 41.0 Å². The Labute approximate surface area is 354 Å². The standard InChI is InChI=1S/C44H57ClN4O9S/c1-8-26-19-44(26,41(53)54)20-34(50)33-16-28(21-49(33)40(52)30(43(4,5)6)17-37(51)58-27-14-24-13-25(24)15-27)57-36-18-31(32-22-59-42(48-32)46-23(2)3)47-39-29(36)9-10-35(38(39)45)56-12-11-55-7/h9-10,18,22-28,30,33H,8,11-17,19-21H2,1-7H3,(H,46,48)(H,53,54)/t24-,25+,26-,27?,28-,30-,33+,44?/m1/s1. The lowest BCUT2D eigenvalue weighted by atomic mass is 9.77. The maximum atomic E-state index is 14.8. The number of halogens is 1. The number of nitrogens with one attached hydrogen (secondary N) is 1. The van der Waals surface area contributed by atoms with E-state index in [9.17, 15) is 24.3 Å². The number of anilines is 1. The molecule has 0 spiro atoms. The summed E-state index contributed by atoms with van der Waals surface area (Å²) in [6.07, 6.45) is 3.02. The van der Waals surface area contributed by atoms with Crippen molar-refractivity contribution >= 4 is 62.6 Å². The Morgan fingerprint density at radius 1 is 1.03 bits per heavy atom. The lowest BCUT2D eigenvalue weighted by Gasteiger charge is -2.35. The minimum absolute atomic E-state index is 0.0460. The number of ether oxygens (including phenoxy) is 4. The number of ketones is 1. The molecule has 4 fully saturated rings. The van der Waals surface area contributed by atoms with E-state index in [1.165, 1.54) is 22.7 Å². The molecule has 13 nitrogen and oxygen atoms in total. The number of likely N-dealkylation sites (tertiary alicyclic amines) is 1. The fourth-order valence-electron chi connectivity index (χ4n) is 9.12. The zero-order valence-corrected chi connectivity index (χ0v) is 36.6. The summed E-state index contributed by atoms with van der Waals surface area (Å²) >= 11 is 8.42. The zero-order valence-electron chi connectivity index (χ0n) is 35.0. The molecule has 320 valence electrons. The molecule has 2 N–H and O–H groups in total. The molecule has 0 bridgehead atoms. The molecule has 4 aliphatic rings. The highest BCUT2D eigenvalue weighted by Gasteiger charge is 2.61. The number of aliphatic carboxylic acids is 1. The van der Waals surface area contributed by atoms with Gasteiger partial charge in [-0.15, -0.1) is 11.3 Å². The van der Waals surface area contributed by atoms with Gasteiger partial charge in [0, 0.05) is 42.8 Å². The van der Waals surface area contributed by atoms with Crippen LogP contribution in [0.3, 0.4) is 0 Å². The van der Waals surface area contributed by atoms with Crippen molar-refractivity contribution in [3.05, 3.63) is 28.6 Å². The topological polar surface area (TPSA) is 166 Å². The van der Waals surface area contributed by atoms with Crippen LogP contribution in [0.4, 0.5) is 5.13 Å². The lowest BCUT2D eigenvalue weighted by Crippen LogP contribution is -2.48. The Morgan fingerprint density at radius 2 is 1.78 bits per heavy atom. The summed E-state index contributed by atoms with van der Waals surface area (Å²) in [6, 6.07) is 4.56. The minimum atomic E-state index is -1.15. The van der Waals surface area contributed by atoms with Crippen LogP contribution >= 0.6 is 22.9 Å². The van der Waals surface area contributed by atoms with Gasteiger partial charge < -0.3 is 34.3 Å². The van der Waals surface area contributed by atoms with Crippen LogP contribution in [0.1, 0.15) is 92.9 Å². The Hall–Kier alpha value is -4.01. The van der Waals surface area contributed by atoms with E-state index in [0.717, 1.165) is 18.0 Å². The average molecular weight is 853 g/mol. The van der Waals surface area contributed by atoms with E-state index in [1.54, 1.807) is 19.2 Å². The molecule has 2 unspecified atom stereocenters. The van der Waals surface area contributed by atoms with Crippen molar-refractivity contribution in [3.8, 4) is 22.9 Å². The number of carbonyl (C=O) groups excluding carboxylic acids is 3. The third kappa shape index (κ3) is 9.34. The van der Waals surface area contributed by atoms with Gasteiger partial charge in [-0.1, -0.05) is 45.7 Å². The van der Waals surface area contributed by atoms with Crippen LogP contribution in [0, 0.1) is 34.5 Å². The SMILES string of the molecule is CC[C@@H]1CC1(CC(=O)[C@@H]1C[C@@H](Oc2cc(-c3csc(NC(C)C)n3)nc3c(Cl)c(OCCOC)ccc23)CN1C(=O)[C@@H](CC(=O)OC1C[C@@H]2C[C@@H]2C1)C(C)(C)C)C(=O)O. The summed E-state index contributed by atoms with van der Waals surface area (Å²) in [7, 11) is 1.59. The van der Waals surface area contributed by atoms with Crippen molar-refractivity contribution in [2.45, 2.75) is 117 Å². The summed E-state index contributed by atoms with van der Waals surface area (Å²) in [5.74, 6) is -0.874. The second-order valence-corrected chi connectivity index (χ2v) is 19.6.